The SMILES string of the molecule is Nc1nc2cncnc2s1.c1cnsc1. The molecule has 2 N–H and O–H groups in total. The van der Waals surface area contributed by atoms with Gasteiger partial charge in [-0.15, -0.1) is 0 Å². The summed E-state index contributed by atoms with van der Waals surface area (Å²) in [6.07, 6.45) is 4.90. The third-order valence-electron chi connectivity index (χ3n) is 1.44. The van der Waals surface area contributed by atoms with Gasteiger partial charge in [0.25, 0.3) is 0 Å². The molecule has 0 atom stereocenters. The molecule has 0 unspecified atom stereocenters. The lowest BCUT2D eigenvalue weighted by Gasteiger charge is -1.79. The zero-order chi connectivity index (χ0) is 10.5. The van der Waals surface area contributed by atoms with Crippen molar-refractivity contribution < 1.29 is 0 Å². The minimum absolute atomic E-state index is 0.538. The van der Waals surface area contributed by atoms with Crippen molar-refractivity contribution >= 4 is 38.3 Å². The number of hydrogen-bond donors (Lipinski definition) is 1. The van der Waals surface area contributed by atoms with Crippen molar-refractivity contribution in [2.75, 3.05) is 5.73 Å². The molecular weight excluding hydrogens is 230 g/mol. The van der Waals surface area contributed by atoms with Gasteiger partial charge in [-0.1, -0.05) is 11.3 Å². The third-order valence-corrected chi connectivity index (χ3v) is 2.77. The molecule has 0 aliphatic carbocycles. The van der Waals surface area contributed by atoms with E-state index in [1.807, 2.05) is 11.4 Å². The molecule has 3 rings (SSSR count). The van der Waals surface area contributed by atoms with Crippen LogP contribution >= 0.6 is 22.9 Å². The second kappa shape index (κ2) is 4.76. The van der Waals surface area contributed by atoms with Gasteiger partial charge in [0.15, 0.2) is 5.13 Å². The number of rotatable bonds is 0. The number of nitrogens with two attached hydrogens (primary N) is 1. The van der Waals surface area contributed by atoms with Crippen LogP contribution in [0.15, 0.2) is 30.2 Å². The molecule has 0 bridgehead atoms. The first kappa shape index (κ1) is 9.94. The van der Waals surface area contributed by atoms with Crippen LogP contribution in [-0.4, -0.2) is 19.3 Å². The summed E-state index contributed by atoms with van der Waals surface area (Å²) in [4.78, 5) is 12.6. The first-order chi connectivity index (χ1) is 7.36. The molecule has 0 aromatic carbocycles. The van der Waals surface area contributed by atoms with Gasteiger partial charge in [-0.25, -0.2) is 19.3 Å². The Balaban J connectivity index is 0.000000144. The van der Waals surface area contributed by atoms with E-state index in [9.17, 15) is 0 Å². The Kier molecular flexibility index (Phi) is 3.15. The Morgan fingerprint density at radius 3 is 2.87 bits per heavy atom. The monoisotopic (exact) mass is 237 g/mol. The van der Waals surface area contributed by atoms with Crippen LogP contribution in [0.3, 0.4) is 0 Å². The Morgan fingerprint density at radius 2 is 2.27 bits per heavy atom. The van der Waals surface area contributed by atoms with Gasteiger partial charge in [-0.3, -0.25) is 0 Å². The molecule has 0 saturated carbocycles. The average Bonchev–Trinajstić information content (AvgIpc) is 2.87. The summed E-state index contributed by atoms with van der Waals surface area (Å²) in [5.74, 6) is 0. The van der Waals surface area contributed by atoms with Crippen molar-refractivity contribution in [3.63, 3.8) is 0 Å². The second-order valence-corrected chi connectivity index (χ2v) is 4.16. The molecule has 76 valence electrons. The van der Waals surface area contributed by atoms with E-state index in [1.165, 1.54) is 29.2 Å². The van der Waals surface area contributed by atoms with Gasteiger partial charge in [-0.2, -0.15) is 0 Å². The summed E-state index contributed by atoms with van der Waals surface area (Å²) in [6.45, 7) is 0. The summed E-state index contributed by atoms with van der Waals surface area (Å²) < 4.78 is 3.76. The van der Waals surface area contributed by atoms with Crippen molar-refractivity contribution in [1.82, 2.24) is 19.3 Å². The second-order valence-electron chi connectivity index (χ2n) is 2.45. The molecule has 0 aliphatic rings. The fraction of sp³-hybridized carbons (Fsp3) is 0. The van der Waals surface area contributed by atoms with Crippen molar-refractivity contribution in [2.24, 2.45) is 0 Å². The van der Waals surface area contributed by atoms with E-state index < -0.39 is 0 Å². The lowest BCUT2D eigenvalue weighted by Crippen LogP contribution is -1.79. The summed E-state index contributed by atoms with van der Waals surface area (Å²) in [5.41, 5.74) is 6.20. The number of hydrogen-bond acceptors (Lipinski definition) is 7. The van der Waals surface area contributed by atoms with E-state index in [-0.39, 0.29) is 0 Å². The maximum atomic E-state index is 5.43. The van der Waals surface area contributed by atoms with Crippen LogP contribution < -0.4 is 5.73 Å². The minimum atomic E-state index is 0.538. The molecule has 0 aliphatic heterocycles. The largest absolute Gasteiger partial charge is 0.375 e. The quantitative estimate of drug-likeness (QED) is 0.645. The summed E-state index contributed by atoms with van der Waals surface area (Å²) in [7, 11) is 0. The smallest absolute Gasteiger partial charge is 0.182 e. The lowest BCUT2D eigenvalue weighted by atomic mass is 10.6. The maximum Gasteiger partial charge on any atom is 0.182 e. The van der Waals surface area contributed by atoms with Gasteiger partial charge >= 0.3 is 0 Å². The van der Waals surface area contributed by atoms with E-state index in [0.29, 0.717) is 5.13 Å². The van der Waals surface area contributed by atoms with Gasteiger partial charge in [0.2, 0.25) is 0 Å². The maximum absolute atomic E-state index is 5.43. The first-order valence-corrected chi connectivity index (χ1v) is 5.68. The van der Waals surface area contributed by atoms with Crippen LogP contribution in [0.4, 0.5) is 5.13 Å². The summed E-state index contributed by atoms with van der Waals surface area (Å²) in [6, 6.07) is 1.91. The highest BCUT2D eigenvalue weighted by molar-refractivity contribution is 7.21. The Hall–Kier alpha value is -1.60. The molecule has 3 aromatic rings. The van der Waals surface area contributed by atoms with Gasteiger partial charge in [0, 0.05) is 11.6 Å². The van der Waals surface area contributed by atoms with Crippen LogP contribution in [-0.2, 0) is 0 Å². The van der Waals surface area contributed by atoms with Gasteiger partial charge in [-0.05, 0) is 17.6 Å². The van der Waals surface area contributed by atoms with Gasteiger partial charge in [0.05, 0.1) is 6.20 Å². The number of nitrogen functional groups attached to an aromatic ring is 1. The van der Waals surface area contributed by atoms with E-state index in [2.05, 4.69) is 19.3 Å². The molecular formula is C8H7N5S2. The highest BCUT2D eigenvalue weighted by Gasteiger charge is 1.98. The van der Waals surface area contributed by atoms with Crippen LogP contribution in [0.2, 0.25) is 0 Å². The molecule has 0 spiro atoms. The van der Waals surface area contributed by atoms with E-state index in [1.54, 1.807) is 12.4 Å². The normalized spacial score (nSPS) is 9.60. The third kappa shape index (κ3) is 2.67. The Bertz CT molecular complexity index is 468. The zero-order valence-corrected chi connectivity index (χ0v) is 9.20. The van der Waals surface area contributed by atoms with Crippen LogP contribution in [0.5, 0.6) is 0 Å². The molecule has 0 radical (unpaired) electrons. The van der Waals surface area contributed by atoms with Crippen molar-refractivity contribution in [1.29, 1.82) is 0 Å². The topological polar surface area (TPSA) is 77.6 Å². The molecule has 7 heteroatoms. The molecule has 0 saturated heterocycles. The lowest BCUT2D eigenvalue weighted by molar-refractivity contribution is 1.22. The molecule has 15 heavy (non-hydrogen) atoms. The van der Waals surface area contributed by atoms with E-state index in [0.717, 1.165) is 10.3 Å². The number of aromatic nitrogens is 4. The zero-order valence-electron chi connectivity index (χ0n) is 7.57. The minimum Gasteiger partial charge on any atom is -0.375 e. The molecule has 0 amide bonds. The van der Waals surface area contributed by atoms with Gasteiger partial charge in [0.1, 0.15) is 16.7 Å². The highest BCUT2D eigenvalue weighted by Crippen LogP contribution is 2.19. The fourth-order valence-corrected chi connectivity index (χ4v) is 1.88. The van der Waals surface area contributed by atoms with Crippen LogP contribution in [0.1, 0.15) is 0 Å². The van der Waals surface area contributed by atoms with Gasteiger partial charge < -0.3 is 5.73 Å². The van der Waals surface area contributed by atoms with E-state index in [4.69, 9.17) is 5.73 Å². The predicted octanol–water partition coefficient (Wildman–Crippen LogP) is 1.81. The number of thiazole rings is 1. The van der Waals surface area contributed by atoms with Crippen LogP contribution in [0, 0.1) is 0 Å². The molecule has 3 heterocycles. The standard InChI is InChI=1S/C5H4N4S.C3H3NS/c6-5-9-3-1-7-2-8-4(3)10-5;1-2-4-5-3-1/h1-2H,(H2,6,9);1-3H. The number of anilines is 1. The molecule has 3 aromatic heterocycles. The number of nitrogens with zero attached hydrogens (tertiary/aromatic N) is 4. The van der Waals surface area contributed by atoms with Crippen LogP contribution in [0.25, 0.3) is 10.3 Å². The average molecular weight is 237 g/mol. The Labute approximate surface area is 93.8 Å². The van der Waals surface area contributed by atoms with Crippen molar-refractivity contribution in [3.8, 4) is 0 Å². The number of fused-ring (bicyclic) bond motifs is 1. The predicted molar refractivity (Wildman–Crippen MR) is 61.7 cm³/mol. The summed E-state index contributed by atoms with van der Waals surface area (Å²) >= 11 is 2.83. The molecule has 0 fully saturated rings. The summed E-state index contributed by atoms with van der Waals surface area (Å²) in [5, 5.41) is 2.47. The van der Waals surface area contributed by atoms with Crippen molar-refractivity contribution in [2.45, 2.75) is 0 Å². The van der Waals surface area contributed by atoms with E-state index >= 15 is 0 Å². The Morgan fingerprint density at radius 1 is 1.33 bits per heavy atom. The van der Waals surface area contributed by atoms with Crippen molar-refractivity contribution in [3.05, 3.63) is 30.2 Å². The fourth-order valence-electron chi connectivity index (χ4n) is 0.883. The highest BCUT2D eigenvalue weighted by atomic mass is 32.1. The molecule has 5 nitrogen and oxygen atoms in total. The first-order valence-electron chi connectivity index (χ1n) is 4.02.